The Morgan fingerprint density at radius 1 is 1.25 bits per heavy atom. The van der Waals surface area contributed by atoms with E-state index in [4.69, 9.17) is 4.74 Å². The fraction of sp³-hybridized carbons (Fsp3) is 0.655. The number of carbonyl (C=O) groups is 3. The molecule has 0 radical (unpaired) electrons. The molecule has 1 unspecified atom stereocenters. The van der Waals surface area contributed by atoms with Gasteiger partial charge in [-0.05, 0) is 50.7 Å². The quantitative estimate of drug-likeness (QED) is 0.254. The number of carboxylic acids is 1. The summed E-state index contributed by atoms with van der Waals surface area (Å²) >= 11 is 1.49. The van der Waals surface area contributed by atoms with Crippen molar-refractivity contribution in [2.45, 2.75) is 69.4 Å². The number of β-lactam (4-membered cyclic amide) rings is 1. The number of hydrogen-bond acceptors (Lipinski definition) is 8. The summed E-state index contributed by atoms with van der Waals surface area (Å²) in [7, 11) is 3.51. The molecule has 6 atom stereocenters. The predicted octanol–water partition coefficient (Wildman–Crippen LogP) is 2.23. The van der Waals surface area contributed by atoms with Crippen molar-refractivity contribution in [3.8, 4) is 0 Å². The predicted molar refractivity (Wildman–Crippen MR) is 152 cm³/mol. The highest BCUT2D eigenvalue weighted by molar-refractivity contribution is 8.03. The van der Waals surface area contributed by atoms with Crippen molar-refractivity contribution < 1.29 is 29.3 Å². The first-order valence-electron chi connectivity index (χ1n) is 14.2. The van der Waals surface area contributed by atoms with Gasteiger partial charge in [0.25, 0.3) is 0 Å². The normalized spacial score (nSPS) is 27.1. The van der Waals surface area contributed by atoms with E-state index in [1.54, 1.807) is 32.1 Å². The molecule has 3 aliphatic rings. The molecule has 0 aromatic carbocycles. The van der Waals surface area contributed by atoms with Crippen LogP contribution in [0.5, 0.6) is 0 Å². The van der Waals surface area contributed by atoms with Gasteiger partial charge in [-0.3, -0.25) is 19.5 Å². The first-order chi connectivity index (χ1) is 19.1. The fourth-order valence-corrected chi connectivity index (χ4v) is 7.71. The summed E-state index contributed by atoms with van der Waals surface area (Å²) in [4.78, 5) is 47.9. The minimum atomic E-state index is -1.12. The molecule has 2 N–H and O–H groups in total. The van der Waals surface area contributed by atoms with Gasteiger partial charge in [0, 0.05) is 68.9 Å². The first kappa shape index (κ1) is 30.5. The Balaban J connectivity index is 1.30. The number of carbonyl (C=O) groups excluding carboxylic acids is 2. The van der Waals surface area contributed by atoms with E-state index in [0.29, 0.717) is 37.6 Å². The number of pyridine rings is 1. The molecular weight excluding hydrogens is 532 g/mol. The van der Waals surface area contributed by atoms with Crippen molar-refractivity contribution in [2.75, 3.05) is 40.4 Å². The van der Waals surface area contributed by atoms with Crippen LogP contribution in [0.4, 0.5) is 0 Å². The van der Waals surface area contributed by atoms with Crippen LogP contribution >= 0.6 is 11.8 Å². The van der Waals surface area contributed by atoms with Crippen molar-refractivity contribution in [2.24, 2.45) is 11.8 Å². The maximum atomic E-state index is 13.0. The van der Waals surface area contributed by atoms with Crippen molar-refractivity contribution in [3.05, 3.63) is 40.7 Å². The van der Waals surface area contributed by atoms with Crippen molar-refractivity contribution in [3.63, 3.8) is 0 Å². The molecule has 0 spiro atoms. The number of thioether (sulfide) groups is 1. The van der Waals surface area contributed by atoms with Crippen LogP contribution in [0, 0.1) is 11.8 Å². The number of unbranched alkanes of at least 4 members (excludes halogenated alkanes) is 1. The van der Waals surface area contributed by atoms with Crippen LogP contribution in [0.1, 0.15) is 45.1 Å². The number of nitrogens with zero attached hydrogens (tertiary/aromatic N) is 4. The minimum absolute atomic E-state index is 0.0212. The molecule has 0 bridgehead atoms. The SMILES string of the molecule is C[C@H]1C(S[C@H]2C[C@@H](C(=O)N(C)C)N(CCCOCCCCc3cccnc3)C2)=C(C(=O)O)N2C(=O)[C@H]([C@@H](C)O)C12. The molecule has 2 fully saturated rings. The molecule has 11 heteroatoms. The number of aliphatic hydroxyl groups is 1. The van der Waals surface area contributed by atoms with Gasteiger partial charge in [0.2, 0.25) is 11.8 Å². The number of aromatic nitrogens is 1. The summed E-state index contributed by atoms with van der Waals surface area (Å²) < 4.78 is 5.86. The van der Waals surface area contributed by atoms with Gasteiger partial charge in [-0.1, -0.05) is 13.0 Å². The topological polar surface area (TPSA) is 124 Å². The Morgan fingerprint density at radius 2 is 2.00 bits per heavy atom. The summed E-state index contributed by atoms with van der Waals surface area (Å²) in [5, 5.41) is 20.1. The Kier molecular flexibility index (Phi) is 10.3. The number of likely N-dealkylation sites (tertiary alicyclic amines) is 1. The zero-order valence-electron chi connectivity index (χ0n) is 23.9. The van der Waals surface area contributed by atoms with E-state index in [0.717, 1.165) is 25.7 Å². The molecule has 0 aliphatic carbocycles. The summed E-state index contributed by atoms with van der Waals surface area (Å²) in [5.41, 5.74) is 1.27. The lowest BCUT2D eigenvalue weighted by Gasteiger charge is -2.46. The Labute approximate surface area is 240 Å². The molecule has 2 saturated heterocycles. The van der Waals surface area contributed by atoms with E-state index < -0.39 is 18.0 Å². The number of aliphatic hydroxyl groups excluding tert-OH is 1. The van der Waals surface area contributed by atoms with Crippen molar-refractivity contribution in [1.82, 2.24) is 19.7 Å². The molecule has 220 valence electrons. The third-order valence-electron chi connectivity index (χ3n) is 8.16. The summed E-state index contributed by atoms with van der Waals surface area (Å²) in [6, 6.07) is 3.43. The van der Waals surface area contributed by atoms with Crippen LogP contribution in [0.2, 0.25) is 0 Å². The number of aryl methyl sites for hydroxylation is 1. The largest absolute Gasteiger partial charge is 0.477 e. The second-order valence-electron chi connectivity index (χ2n) is 11.3. The number of aliphatic carboxylic acids is 1. The van der Waals surface area contributed by atoms with Crippen LogP contribution in [0.15, 0.2) is 35.1 Å². The highest BCUT2D eigenvalue weighted by atomic mass is 32.2. The molecule has 2 amide bonds. The average molecular weight is 575 g/mol. The van der Waals surface area contributed by atoms with Gasteiger partial charge >= 0.3 is 5.97 Å². The van der Waals surface area contributed by atoms with Crippen molar-refractivity contribution >= 4 is 29.5 Å². The van der Waals surface area contributed by atoms with Crippen LogP contribution in [-0.2, 0) is 25.5 Å². The fourth-order valence-electron chi connectivity index (χ4n) is 6.16. The summed E-state index contributed by atoms with van der Waals surface area (Å²) in [6.45, 7) is 6.20. The Morgan fingerprint density at radius 3 is 2.65 bits per heavy atom. The van der Waals surface area contributed by atoms with Gasteiger partial charge in [0.15, 0.2) is 0 Å². The molecule has 1 aromatic rings. The minimum Gasteiger partial charge on any atom is -0.477 e. The molecule has 1 aromatic heterocycles. The van der Waals surface area contributed by atoms with E-state index in [1.165, 1.54) is 22.2 Å². The first-order valence-corrected chi connectivity index (χ1v) is 15.1. The monoisotopic (exact) mass is 574 g/mol. The molecule has 10 nitrogen and oxygen atoms in total. The lowest BCUT2D eigenvalue weighted by atomic mass is 9.79. The van der Waals surface area contributed by atoms with Crippen LogP contribution in [0.3, 0.4) is 0 Å². The number of likely N-dealkylation sites (N-methyl/N-ethyl adjacent to an activating group) is 1. The second-order valence-corrected chi connectivity index (χ2v) is 12.6. The Hall–Kier alpha value is -2.47. The zero-order chi connectivity index (χ0) is 29.0. The number of carboxylic acid groups (broad SMARTS) is 1. The third-order valence-corrected chi connectivity index (χ3v) is 9.65. The van der Waals surface area contributed by atoms with Crippen molar-refractivity contribution in [1.29, 1.82) is 0 Å². The molecule has 0 saturated carbocycles. The molecule has 4 heterocycles. The standard InChI is InChI=1S/C29H42N4O6S/c1-18-24-23(19(2)34)28(36)33(24)25(29(37)38)26(18)40-21-15-22(27(35)31(3)4)32(17-21)12-8-14-39-13-6-5-9-20-10-7-11-30-16-20/h7,10-11,16,18-19,21-24,34H,5-6,8-9,12-15,17H2,1-4H3,(H,37,38)/t18-,19-,21+,22+,23-,24?/m1/s1. The van der Waals surface area contributed by atoms with E-state index in [1.807, 2.05) is 19.2 Å². The number of fused-ring (bicyclic) bond motifs is 1. The summed E-state index contributed by atoms with van der Waals surface area (Å²) in [6.07, 6.45) is 7.27. The number of amides is 2. The van der Waals surface area contributed by atoms with Gasteiger partial charge < -0.3 is 24.7 Å². The van der Waals surface area contributed by atoms with Gasteiger partial charge in [-0.2, -0.15) is 0 Å². The van der Waals surface area contributed by atoms with Gasteiger partial charge in [-0.25, -0.2) is 4.79 Å². The van der Waals surface area contributed by atoms with E-state index >= 15 is 0 Å². The number of hydrogen-bond donors (Lipinski definition) is 2. The highest BCUT2D eigenvalue weighted by Gasteiger charge is 2.60. The smallest absolute Gasteiger partial charge is 0.353 e. The van der Waals surface area contributed by atoms with Gasteiger partial charge in [-0.15, -0.1) is 11.8 Å². The number of rotatable bonds is 14. The van der Waals surface area contributed by atoms with E-state index in [-0.39, 0.29) is 40.8 Å². The third kappa shape index (κ3) is 6.53. The molecule has 40 heavy (non-hydrogen) atoms. The zero-order valence-corrected chi connectivity index (χ0v) is 24.7. The van der Waals surface area contributed by atoms with Gasteiger partial charge in [0.05, 0.1) is 24.1 Å². The van der Waals surface area contributed by atoms with Gasteiger partial charge in [0.1, 0.15) is 5.70 Å². The molecule has 3 aliphatic heterocycles. The van der Waals surface area contributed by atoms with Crippen LogP contribution < -0.4 is 0 Å². The average Bonchev–Trinajstić information content (AvgIpc) is 3.42. The maximum absolute atomic E-state index is 13.0. The lowest BCUT2D eigenvalue weighted by Crippen LogP contribution is -2.63. The second kappa shape index (κ2) is 13.5. The molecular formula is C29H42N4O6S. The van der Waals surface area contributed by atoms with Crippen LogP contribution in [-0.4, -0.2) is 112 Å². The Bertz CT molecular complexity index is 1100. The maximum Gasteiger partial charge on any atom is 0.353 e. The van der Waals surface area contributed by atoms with E-state index in [2.05, 4.69) is 16.0 Å². The summed E-state index contributed by atoms with van der Waals surface area (Å²) in [5.74, 6) is -2.18. The number of ether oxygens (including phenoxy) is 1. The lowest BCUT2D eigenvalue weighted by molar-refractivity contribution is -0.163. The molecule has 4 rings (SSSR count). The highest BCUT2D eigenvalue weighted by Crippen LogP contribution is 2.52. The van der Waals surface area contributed by atoms with Crippen LogP contribution in [0.25, 0.3) is 0 Å². The van der Waals surface area contributed by atoms with E-state index in [9.17, 15) is 24.6 Å².